The minimum Gasteiger partial charge on any atom is -0.383 e. The molecule has 0 aliphatic carbocycles. The Morgan fingerprint density at radius 2 is 1.91 bits per heavy atom. The molecule has 3 aromatic rings. The number of rotatable bonds is 5. The van der Waals surface area contributed by atoms with Crippen molar-refractivity contribution in [2.24, 2.45) is 0 Å². The average Bonchev–Trinajstić information content (AvgIpc) is 2.91. The molecular weight excluding hydrogens is 290 g/mol. The van der Waals surface area contributed by atoms with E-state index in [0.29, 0.717) is 6.04 Å². The fourth-order valence-electron chi connectivity index (χ4n) is 2.71. The van der Waals surface area contributed by atoms with Gasteiger partial charge in [0.05, 0.1) is 10.4 Å². The van der Waals surface area contributed by atoms with Crippen LogP contribution in [0.2, 0.25) is 0 Å². The number of aromatic amines is 1. The van der Waals surface area contributed by atoms with Crippen molar-refractivity contribution in [2.45, 2.75) is 26.3 Å². The van der Waals surface area contributed by atoms with E-state index < -0.39 is 0 Å². The van der Waals surface area contributed by atoms with Crippen LogP contribution in [0.15, 0.2) is 48.7 Å². The number of anilines is 1. The zero-order valence-electron chi connectivity index (χ0n) is 13.2. The van der Waals surface area contributed by atoms with Crippen molar-refractivity contribution in [2.75, 3.05) is 5.32 Å². The zero-order chi connectivity index (χ0) is 16.4. The second-order valence-corrected chi connectivity index (χ2v) is 5.97. The molecule has 1 heterocycles. The van der Waals surface area contributed by atoms with E-state index in [1.54, 1.807) is 12.1 Å². The monoisotopic (exact) mass is 309 g/mol. The maximum Gasteiger partial charge on any atom is 0.271 e. The molecule has 0 saturated heterocycles. The number of nitrogens with one attached hydrogen (secondary N) is 2. The van der Waals surface area contributed by atoms with E-state index in [4.69, 9.17) is 0 Å². The molecule has 2 aromatic carbocycles. The molecule has 23 heavy (non-hydrogen) atoms. The lowest BCUT2D eigenvalue weighted by molar-refractivity contribution is -0.384. The van der Waals surface area contributed by atoms with Gasteiger partial charge in [-0.3, -0.25) is 10.1 Å². The van der Waals surface area contributed by atoms with E-state index in [-0.39, 0.29) is 10.6 Å². The van der Waals surface area contributed by atoms with Crippen LogP contribution in [0.1, 0.15) is 25.0 Å². The highest BCUT2D eigenvalue weighted by atomic mass is 16.6. The first-order valence-corrected chi connectivity index (χ1v) is 7.63. The molecule has 0 saturated carbocycles. The van der Waals surface area contributed by atoms with Crippen LogP contribution in [0.25, 0.3) is 10.9 Å². The summed E-state index contributed by atoms with van der Waals surface area (Å²) in [6.07, 6.45) is 2.72. The third kappa shape index (κ3) is 3.34. The smallest absolute Gasteiger partial charge is 0.271 e. The number of benzene rings is 2. The number of hydrogen-bond donors (Lipinski definition) is 2. The fourth-order valence-corrected chi connectivity index (χ4v) is 2.71. The average molecular weight is 309 g/mol. The van der Waals surface area contributed by atoms with Gasteiger partial charge >= 0.3 is 0 Å². The number of nitrogens with zero attached hydrogens (tertiary/aromatic N) is 1. The van der Waals surface area contributed by atoms with Gasteiger partial charge < -0.3 is 10.3 Å². The Morgan fingerprint density at radius 1 is 1.17 bits per heavy atom. The lowest BCUT2D eigenvalue weighted by Crippen LogP contribution is -2.09. The molecule has 0 fully saturated rings. The highest BCUT2D eigenvalue weighted by Crippen LogP contribution is 2.25. The Bertz CT molecular complexity index is 835. The number of nitro benzene ring substituents is 1. The Hall–Kier alpha value is -2.82. The van der Waals surface area contributed by atoms with Gasteiger partial charge in [0, 0.05) is 35.4 Å². The fraction of sp³-hybridized carbons (Fsp3) is 0.222. The van der Waals surface area contributed by atoms with Crippen LogP contribution < -0.4 is 5.32 Å². The molecule has 0 bridgehead atoms. The predicted octanol–water partition coefficient (Wildman–Crippen LogP) is 4.49. The summed E-state index contributed by atoms with van der Waals surface area (Å²) in [5.74, 6) is 0. The van der Waals surface area contributed by atoms with Crippen LogP contribution in [0.4, 0.5) is 11.4 Å². The summed E-state index contributed by atoms with van der Waals surface area (Å²) in [5, 5.41) is 15.2. The van der Waals surface area contributed by atoms with Crippen molar-refractivity contribution in [3.63, 3.8) is 0 Å². The highest BCUT2D eigenvalue weighted by molar-refractivity contribution is 5.85. The van der Waals surface area contributed by atoms with Crippen molar-refractivity contribution in [3.8, 4) is 0 Å². The largest absolute Gasteiger partial charge is 0.383 e. The first-order valence-electron chi connectivity index (χ1n) is 7.63. The van der Waals surface area contributed by atoms with Gasteiger partial charge in [0.1, 0.15) is 0 Å². The van der Waals surface area contributed by atoms with Gasteiger partial charge in [-0.05, 0) is 49.6 Å². The first-order chi connectivity index (χ1) is 11.0. The summed E-state index contributed by atoms with van der Waals surface area (Å²) in [6, 6.07) is 13.7. The van der Waals surface area contributed by atoms with E-state index in [1.165, 1.54) is 5.56 Å². The van der Waals surface area contributed by atoms with Crippen LogP contribution in [0.5, 0.6) is 0 Å². The predicted molar refractivity (Wildman–Crippen MR) is 93.0 cm³/mol. The number of fused-ring (bicyclic) bond motifs is 1. The Labute approximate surface area is 134 Å². The Morgan fingerprint density at radius 3 is 2.57 bits per heavy atom. The van der Waals surface area contributed by atoms with Crippen LogP contribution in [-0.2, 0) is 6.42 Å². The van der Waals surface area contributed by atoms with E-state index in [1.807, 2.05) is 12.3 Å². The van der Waals surface area contributed by atoms with Gasteiger partial charge in [-0.25, -0.2) is 0 Å². The Balaban J connectivity index is 1.82. The minimum atomic E-state index is -0.375. The van der Waals surface area contributed by atoms with Crippen LogP contribution in [0.3, 0.4) is 0 Å². The number of hydrogen-bond acceptors (Lipinski definition) is 3. The van der Waals surface area contributed by atoms with Crippen LogP contribution in [0, 0.1) is 10.1 Å². The number of aromatic nitrogens is 1. The molecule has 0 unspecified atom stereocenters. The SMILES string of the molecule is CC(C)Nc1ccc(Cc2c[nH]c3cc([N+](=O)[O-])ccc23)cc1. The quantitative estimate of drug-likeness (QED) is 0.539. The third-order valence-electron chi connectivity index (χ3n) is 3.77. The summed E-state index contributed by atoms with van der Waals surface area (Å²) in [7, 11) is 0. The van der Waals surface area contributed by atoms with Crippen LogP contribution >= 0.6 is 0 Å². The van der Waals surface area contributed by atoms with E-state index in [2.05, 4.69) is 48.4 Å². The lowest BCUT2D eigenvalue weighted by atomic mass is 10.0. The normalized spacial score (nSPS) is 11.1. The van der Waals surface area contributed by atoms with Gasteiger partial charge in [-0.15, -0.1) is 0 Å². The van der Waals surface area contributed by atoms with Crippen molar-refractivity contribution in [1.82, 2.24) is 4.98 Å². The number of non-ortho nitro benzene ring substituents is 1. The van der Waals surface area contributed by atoms with E-state index in [9.17, 15) is 10.1 Å². The second-order valence-electron chi connectivity index (χ2n) is 5.97. The summed E-state index contributed by atoms with van der Waals surface area (Å²) in [4.78, 5) is 13.6. The molecule has 118 valence electrons. The molecule has 0 atom stereocenters. The Kier molecular flexibility index (Phi) is 4.02. The second kappa shape index (κ2) is 6.12. The lowest BCUT2D eigenvalue weighted by Gasteiger charge is -2.10. The van der Waals surface area contributed by atoms with Crippen molar-refractivity contribution in [1.29, 1.82) is 0 Å². The van der Waals surface area contributed by atoms with Gasteiger partial charge in [-0.1, -0.05) is 12.1 Å². The molecule has 1 aromatic heterocycles. The topological polar surface area (TPSA) is 71.0 Å². The van der Waals surface area contributed by atoms with Crippen molar-refractivity contribution in [3.05, 3.63) is 69.9 Å². The third-order valence-corrected chi connectivity index (χ3v) is 3.77. The van der Waals surface area contributed by atoms with Gasteiger partial charge in [0.15, 0.2) is 0 Å². The van der Waals surface area contributed by atoms with Crippen LogP contribution in [-0.4, -0.2) is 15.9 Å². The molecule has 0 aliphatic heterocycles. The van der Waals surface area contributed by atoms with Gasteiger partial charge in [0.2, 0.25) is 0 Å². The molecule has 5 heteroatoms. The van der Waals surface area contributed by atoms with Gasteiger partial charge in [-0.2, -0.15) is 0 Å². The maximum absolute atomic E-state index is 10.8. The van der Waals surface area contributed by atoms with Crippen molar-refractivity contribution < 1.29 is 4.92 Å². The molecule has 3 rings (SSSR count). The molecule has 0 spiro atoms. The summed E-state index contributed by atoms with van der Waals surface area (Å²) in [5.41, 5.74) is 4.36. The molecule has 2 N–H and O–H groups in total. The summed E-state index contributed by atoms with van der Waals surface area (Å²) in [6.45, 7) is 4.22. The molecule has 0 radical (unpaired) electrons. The maximum atomic E-state index is 10.8. The minimum absolute atomic E-state index is 0.106. The van der Waals surface area contributed by atoms with Gasteiger partial charge in [0.25, 0.3) is 5.69 Å². The molecular formula is C18H19N3O2. The highest BCUT2D eigenvalue weighted by Gasteiger charge is 2.10. The zero-order valence-corrected chi connectivity index (χ0v) is 13.2. The molecule has 0 aliphatic rings. The standard InChI is InChI=1S/C18H19N3O2/c1-12(2)20-15-5-3-13(4-6-15)9-14-11-19-18-10-16(21(22)23)7-8-17(14)18/h3-8,10-12,19-20H,9H2,1-2H3. The first kappa shape index (κ1) is 15.1. The van der Waals surface area contributed by atoms with Crippen molar-refractivity contribution >= 4 is 22.3 Å². The molecule has 0 amide bonds. The number of H-pyrrole nitrogens is 1. The van der Waals surface area contributed by atoms with E-state index >= 15 is 0 Å². The number of nitro groups is 1. The van der Waals surface area contributed by atoms with E-state index in [0.717, 1.165) is 28.6 Å². The summed E-state index contributed by atoms with van der Waals surface area (Å²) >= 11 is 0. The molecule has 5 nitrogen and oxygen atoms in total. The summed E-state index contributed by atoms with van der Waals surface area (Å²) < 4.78 is 0.